The zero-order chi connectivity index (χ0) is 14.4. The van der Waals surface area contributed by atoms with Gasteiger partial charge in [-0.3, -0.25) is 0 Å². The lowest BCUT2D eigenvalue weighted by atomic mass is 9.97. The van der Waals surface area contributed by atoms with E-state index in [2.05, 4.69) is 16.7 Å². The van der Waals surface area contributed by atoms with Gasteiger partial charge in [0.2, 0.25) is 0 Å². The van der Waals surface area contributed by atoms with Crippen LogP contribution in [0.4, 0.5) is 5.69 Å². The van der Waals surface area contributed by atoms with Crippen molar-refractivity contribution < 1.29 is 0 Å². The summed E-state index contributed by atoms with van der Waals surface area (Å²) in [6.07, 6.45) is 8.48. The van der Waals surface area contributed by atoms with Crippen molar-refractivity contribution >= 4 is 46.2 Å². The summed E-state index contributed by atoms with van der Waals surface area (Å²) in [5.74, 6) is 0. The smallest absolute Gasteiger partial charge is 0.170 e. The fraction of sp³-hybridized carbons (Fsp3) is 0.400. The molecule has 0 heterocycles. The molecule has 2 nitrogen and oxygen atoms in total. The van der Waals surface area contributed by atoms with Gasteiger partial charge in [0.15, 0.2) is 5.11 Å². The molecule has 0 aliphatic heterocycles. The lowest BCUT2D eigenvalue weighted by Crippen LogP contribution is -2.29. The van der Waals surface area contributed by atoms with Crippen LogP contribution in [0.5, 0.6) is 0 Å². The first-order valence-corrected chi connectivity index (χ1v) is 8.00. The van der Waals surface area contributed by atoms with E-state index in [0.29, 0.717) is 15.2 Å². The minimum absolute atomic E-state index is 0.494. The van der Waals surface area contributed by atoms with E-state index in [9.17, 15) is 0 Å². The van der Waals surface area contributed by atoms with Gasteiger partial charge in [0.25, 0.3) is 0 Å². The van der Waals surface area contributed by atoms with Gasteiger partial charge in [0.1, 0.15) is 0 Å². The molecule has 5 heteroatoms. The number of anilines is 1. The number of thiocarbonyl (C=S) groups is 1. The Morgan fingerprint density at radius 2 is 2.10 bits per heavy atom. The molecule has 0 saturated carbocycles. The van der Waals surface area contributed by atoms with Crippen molar-refractivity contribution in [1.29, 1.82) is 0 Å². The number of hydrogen-bond acceptors (Lipinski definition) is 1. The summed E-state index contributed by atoms with van der Waals surface area (Å²) < 4.78 is 0. The van der Waals surface area contributed by atoms with Gasteiger partial charge in [-0.2, -0.15) is 0 Å². The van der Waals surface area contributed by atoms with Gasteiger partial charge in [-0.1, -0.05) is 40.9 Å². The van der Waals surface area contributed by atoms with E-state index in [-0.39, 0.29) is 0 Å². The van der Waals surface area contributed by atoms with Crippen LogP contribution in [0.15, 0.2) is 29.8 Å². The Morgan fingerprint density at radius 3 is 2.85 bits per heavy atom. The first-order chi connectivity index (χ1) is 9.66. The predicted molar refractivity (Wildman–Crippen MR) is 91.9 cm³/mol. The molecule has 0 aromatic heterocycles. The second-order valence-corrected chi connectivity index (χ2v) is 6.03. The Labute approximate surface area is 135 Å². The van der Waals surface area contributed by atoms with E-state index in [1.165, 1.54) is 31.3 Å². The quantitative estimate of drug-likeness (QED) is 0.589. The summed E-state index contributed by atoms with van der Waals surface area (Å²) in [6, 6.07) is 5.44. The number of halogens is 2. The van der Waals surface area contributed by atoms with Gasteiger partial charge in [0.05, 0.1) is 15.7 Å². The summed E-state index contributed by atoms with van der Waals surface area (Å²) >= 11 is 17.3. The molecule has 0 fully saturated rings. The van der Waals surface area contributed by atoms with E-state index in [1.54, 1.807) is 6.07 Å². The van der Waals surface area contributed by atoms with E-state index >= 15 is 0 Å². The van der Waals surface area contributed by atoms with Crippen molar-refractivity contribution in [2.45, 2.75) is 32.1 Å². The van der Waals surface area contributed by atoms with Crippen LogP contribution in [-0.4, -0.2) is 11.7 Å². The molecule has 0 radical (unpaired) electrons. The SMILES string of the molecule is S=C(NCCC1=CCCCC1)Nc1cccc(Cl)c1Cl. The van der Waals surface area contributed by atoms with Gasteiger partial charge in [-0.25, -0.2) is 0 Å². The molecule has 2 N–H and O–H groups in total. The maximum atomic E-state index is 6.10. The maximum absolute atomic E-state index is 6.10. The molecule has 108 valence electrons. The topological polar surface area (TPSA) is 24.1 Å². The number of allylic oxidation sites excluding steroid dienone is 1. The second kappa shape index (κ2) is 7.87. The number of nitrogens with one attached hydrogen (secondary N) is 2. The maximum Gasteiger partial charge on any atom is 0.170 e. The van der Waals surface area contributed by atoms with Gasteiger partial charge in [0, 0.05) is 6.54 Å². The molecular weight excluding hydrogens is 311 g/mol. The molecule has 2 rings (SSSR count). The molecule has 0 unspecified atom stereocenters. The van der Waals surface area contributed by atoms with Gasteiger partial charge < -0.3 is 10.6 Å². The van der Waals surface area contributed by atoms with Crippen molar-refractivity contribution in [3.05, 3.63) is 39.9 Å². The summed E-state index contributed by atoms with van der Waals surface area (Å²) in [7, 11) is 0. The van der Waals surface area contributed by atoms with E-state index < -0.39 is 0 Å². The average Bonchev–Trinajstić information content (AvgIpc) is 2.45. The number of benzene rings is 1. The van der Waals surface area contributed by atoms with Crippen LogP contribution in [0, 0.1) is 0 Å². The molecule has 1 aliphatic carbocycles. The van der Waals surface area contributed by atoms with Crippen molar-refractivity contribution in [1.82, 2.24) is 5.32 Å². The van der Waals surface area contributed by atoms with Gasteiger partial charge in [-0.15, -0.1) is 0 Å². The van der Waals surface area contributed by atoms with E-state index in [0.717, 1.165) is 18.7 Å². The minimum Gasteiger partial charge on any atom is -0.362 e. The fourth-order valence-corrected chi connectivity index (χ4v) is 2.79. The van der Waals surface area contributed by atoms with E-state index in [4.69, 9.17) is 35.4 Å². The van der Waals surface area contributed by atoms with Crippen LogP contribution < -0.4 is 10.6 Å². The summed E-state index contributed by atoms with van der Waals surface area (Å²) in [4.78, 5) is 0. The van der Waals surface area contributed by atoms with Crippen molar-refractivity contribution in [3.63, 3.8) is 0 Å². The lowest BCUT2D eigenvalue weighted by Gasteiger charge is -2.15. The van der Waals surface area contributed by atoms with Crippen LogP contribution in [0.25, 0.3) is 0 Å². The van der Waals surface area contributed by atoms with Crippen LogP contribution >= 0.6 is 35.4 Å². The highest BCUT2D eigenvalue weighted by atomic mass is 35.5. The molecule has 20 heavy (non-hydrogen) atoms. The average molecular weight is 329 g/mol. The predicted octanol–water partition coefficient (Wildman–Crippen LogP) is 5.17. The highest BCUT2D eigenvalue weighted by molar-refractivity contribution is 7.80. The largest absolute Gasteiger partial charge is 0.362 e. The van der Waals surface area contributed by atoms with Crippen LogP contribution in [0.1, 0.15) is 32.1 Å². The zero-order valence-electron chi connectivity index (χ0n) is 11.2. The third kappa shape index (κ3) is 4.65. The third-order valence-corrected chi connectivity index (χ3v) is 4.38. The first-order valence-electron chi connectivity index (χ1n) is 6.83. The molecule has 0 saturated heterocycles. The number of rotatable bonds is 4. The lowest BCUT2D eigenvalue weighted by molar-refractivity contribution is 0.669. The minimum atomic E-state index is 0.494. The molecular formula is C15H18Cl2N2S. The second-order valence-electron chi connectivity index (χ2n) is 4.84. The molecule has 1 aromatic rings. The Bertz CT molecular complexity index is 515. The molecule has 0 atom stereocenters. The monoisotopic (exact) mass is 328 g/mol. The normalized spacial score (nSPS) is 14.6. The summed E-state index contributed by atoms with van der Waals surface area (Å²) in [5, 5.41) is 7.86. The fourth-order valence-electron chi connectivity index (χ4n) is 2.24. The third-order valence-electron chi connectivity index (χ3n) is 3.32. The Balaban J connectivity index is 1.78. The highest BCUT2D eigenvalue weighted by Crippen LogP contribution is 2.29. The standard InChI is InChI=1S/C15H18Cl2N2S/c16-12-7-4-8-13(14(12)17)19-15(20)18-10-9-11-5-2-1-3-6-11/h4-5,7-8H,1-3,6,9-10H2,(H2,18,19,20). The van der Waals surface area contributed by atoms with E-state index in [1.807, 2.05) is 12.1 Å². The van der Waals surface area contributed by atoms with Crippen LogP contribution in [-0.2, 0) is 0 Å². The Hall–Kier alpha value is -0.770. The van der Waals surface area contributed by atoms with Gasteiger partial charge >= 0.3 is 0 Å². The van der Waals surface area contributed by atoms with Gasteiger partial charge in [-0.05, 0) is 56.5 Å². The molecule has 0 bridgehead atoms. The molecule has 1 aliphatic rings. The van der Waals surface area contributed by atoms with Crippen molar-refractivity contribution in [3.8, 4) is 0 Å². The zero-order valence-corrected chi connectivity index (χ0v) is 13.5. The highest BCUT2D eigenvalue weighted by Gasteiger charge is 2.06. The summed E-state index contributed by atoms with van der Waals surface area (Å²) in [5.41, 5.74) is 2.26. The van der Waals surface area contributed by atoms with Crippen molar-refractivity contribution in [2.24, 2.45) is 0 Å². The Kier molecular flexibility index (Phi) is 6.14. The first kappa shape index (κ1) is 15.6. The van der Waals surface area contributed by atoms with Crippen LogP contribution in [0.3, 0.4) is 0 Å². The molecule has 0 amide bonds. The Morgan fingerprint density at radius 1 is 1.25 bits per heavy atom. The summed E-state index contributed by atoms with van der Waals surface area (Å²) in [6.45, 7) is 0.843. The molecule has 1 aromatic carbocycles. The molecule has 0 spiro atoms. The van der Waals surface area contributed by atoms with Crippen LogP contribution in [0.2, 0.25) is 10.0 Å². The van der Waals surface area contributed by atoms with Crippen molar-refractivity contribution in [2.75, 3.05) is 11.9 Å². The number of hydrogen-bond donors (Lipinski definition) is 2.